The summed E-state index contributed by atoms with van der Waals surface area (Å²) in [5, 5.41) is 10.3. The average Bonchev–Trinajstić information content (AvgIpc) is 3.20. The van der Waals surface area contributed by atoms with Crippen LogP contribution in [-0.4, -0.2) is 0 Å². The van der Waals surface area contributed by atoms with Gasteiger partial charge >= 0.3 is 0 Å². The molecular weight excluding hydrogens is 302 g/mol. The number of rotatable bonds is 6. The minimum atomic E-state index is 0.391. The van der Waals surface area contributed by atoms with Gasteiger partial charge in [0.2, 0.25) is 0 Å². The molecular formula is C16H17NS3. The van der Waals surface area contributed by atoms with Gasteiger partial charge in [0.15, 0.2) is 0 Å². The van der Waals surface area contributed by atoms with E-state index in [-0.39, 0.29) is 0 Å². The van der Waals surface area contributed by atoms with Crippen molar-refractivity contribution in [2.45, 2.75) is 25.4 Å². The minimum absolute atomic E-state index is 0.391. The molecule has 0 spiro atoms. The molecule has 0 aliphatic heterocycles. The maximum Gasteiger partial charge on any atom is 0.0468 e. The fourth-order valence-corrected chi connectivity index (χ4v) is 4.57. The number of nitrogens with one attached hydrogen (secondary N) is 1. The fraction of sp³-hybridized carbons (Fsp3) is 0.250. The summed E-state index contributed by atoms with van der Waals surface area (Å²) in [6.07, 6.45) is 1.06. The normalized spacial score (nSPS) is 14.2. The summed E-state index contributed by atoms with van der Waals surface area (Å²) in [6, 6.07) is 13.8. The molecule has 0 aliphatic rings. The second-order valence-corrected chi connectivity index (χ2v) is 7.75. The molecule has 0 aliphatic carbocycles. The largest absolute Gasteiger partial charge is 0.302 e. The first-order valence-corrected chi connectivity index (χ1v) is 9.32. The van der Waals surface area contributed by atoms with E-state index in [1.165, 1.54) is 14.6 Å². The lowest BCUT2D eigenvalue weighted by Crippen LogP contribution is -2.25. The van der Waals surface area contributed by atoms with Gasteiger partial charge in [0.1, 0.15) is 0 Å². The molecule has 0 saturated carbocycles. The second-order valence-electron chi connectivity index (χ2n) is 4.76. The second kappa shape index (κ2) is 6.68. The lowest BCUT2D eigenvalue weighted by Gasteiger charge is -2.21. The van der Waals surface area contributed by atoms with Crippen LogP contribution in [0.2, 0.25) is 0 Å². The van der Waals surface area contributed by atoms with E-state index in [0.29, 0.717) is 12.1 Å². The highest BCUT2D eigenvalue weighted by molar-refractivity contribution is 7.10. The zero-order valence-electron chi connectivity index (χ0n) is 11.3. The van der Waals surface area contributed by atoms with Crippen molar-refractivity contribution >= 4 is 34.0 Å². The van der Waals surface area contributed by atoms with Crippen molar-refractivity contribution < 1.29 is 0 Å². The van der Waals surface area contributed by atoms with Crippen molar-refractivity contribution in [1.82, 2.24) is 5.32 Å². The van der Waals surface area contributed by atoms with Gasteiger partial charge in [-0.25, -0.2) is 0 Å². The average molecular weight is 320 g/mol. The van der Waals surface area contributed by atoms with Gasteiger partial charge < -0.3 is 5.32 Å². The molecule has 2 unspecified atom stereocenters. The standard InChI is InChI=1S/C16H17NS3/c1-12(15-6-3-9-19-15)17-14(16-7-4-10-20-16)11-13-5-2-8-18-13/h2-10,12,14,17H,11H2,1H3. The van der Waals surface area contributed by atoms with E-state index < -0.39 is 0 Å². The van der Waals surface area contributed by atoms with Crippen LogP contribution in [0.4, 0.5) is 0 Å². The van der Waals surface area contributed by atoms with Gasteiger partial charge in [0.05, 0.1) is 0 Å². The molecule has 3 aromatic heterocycles. The van der Waals surface area contributed by atoms with Crippen LogP contribution < -0.4 is 5.32 Å². The molecule has 104 valence electrons. The smallest absolute Gasteiger partial charge is 0.0468 e. The number of hydrogen-bond donors (Lipinski definition) is 1. The lowest BCUT2D eigenvalue weighted by molar-refractivity contribution is 0.476. The van der Waals surface area contributed by atoms with Crippen LogP contribution in [-0.2, 0) is 6.42 Å². The first-order valence-electron chi connectivity index (χ1n) is 6.68. The van der Waals surface area contributed by atoms with E-state index >= 15 is 0 Å². The summed E-state index contributed by atoms with van der Waals surface area (Å²) < 4.78 is 0. The Morgan fingerprint density at radius 1 is 0.900 bits per heavy atom. The Bertz CT molecular complexity index is 596. The number of hydrogen-bond acceptors (Lipinski definition) is 4. The zero-order valence-corrected chi connectivity index (χ0v) is 13.7. The molecule has 0 amide bonds. The molecule has 1 N–H and O–H groups in total. The third-order valence-electron chi connectivity index (χ3n) is 3.29. The Hall–Kier alpha value is -0.940. The van der Waals surface area contributed by atoms with Crippen molar-refractivity contribution in [1.29, 1.82) is 0 Å². The van der Waals surface area contributed by atoms with Crippen molar-refractivity contribution in [3.63, 3.8) is 0 Å². The van der Waals surface area contributed by atoms with Crippen LogP contribution in [0.15, 0.2) is 52.5 Å². The Labute approximate surface area is 131 Å². The Morgan fingerprint density at radius 2 is 1.55 bits per heavy atom. The molecule has 4 heteroatoms. The molecule has 0 radical (unpaired) electrons. The van der Waals surface area contributed by atoms with Crippen LogP contribution in [0.3, 0.4) is 0 Å². The van der Waals surface area contributed by atoms with Crippen LogP contribution in [0.5, 0.6) is 0 Å². The fourth-order valence-electron chi connectivity index (χ4n) is 2.28. The van der Waals surface area contributed by atoms with Gasteiger partial charge in [0, 0.05) is 33.1 Å². The van der Waals surface area contributed by atoms with Crippen LogP contribution in [0.1, 0.15) is 33.6 Å². The summed E-state index contributed by atoms with van der Waals surface area (Å²) in [6.45, 7) is 2.25. The topological polar surface area (TPSA) is 12.0 Å². The van der Waals surface area contributed by atoms with E-state index in [0.717, 1.165) is 6.42 Å². The predicted octanol–water partition coefficient (Wildman–Crippen LogP) is 5.51. The maximum absolute atomic E-state index is 3.79. The Morgan fingerprint density at radius 3 is 2.15 bits per heavy atom. The summed E-state index contributed by atoms with van der Waals surface area (Å²) >= 11 is 5.50. The van der Waals surface area contributed by atoms with Gasteiger partial charge in [-0.1, -0.05) is 18.2 Å². The Balaban J connectivity index is 1.75. The van der Waals surface area contributed by atoms with Crippen molar-refractivity contribution in [2.24, 2.45) is 0 Å². The highest BCUT2D eigenvalue weighted by atomic mass is 32.1. The molecule has 0 fully saturated rings. The van der Waals surface area contributed by atoms with Gasteiger partial charge in [0.25, 0.3) is 0 Å². The maximum atomic E-state index is 3.79. The van der Waals surface area contributed by atoms with Crippen molar-refractivity contribution in [3.8, 4) is 0 Å². The van der Waals surface area contributed by atoms with E-state index in [2.05, 4.69) is 64.8 Å². The molecule has 2 atom stereocenters. The van der Waals surface area contributed by atoms with Gasteiger partial charge in [-0.05, 0) is 41.3 Å². The summed E-state index contributed by atoms with van der Waals surface area (Å²) in [7, 11) is 0. The monoisotopic (exact) mass is 319 g/mol. The van der Waals surface area contributed by atoms with Gasteiger partial charge in [-0.15, -0.1) is 34.0 Å². The molecule has 20 heavy (non-hydrogen) atoms. The van der Waals surface area contributed by atoms with E-state index in [4.69, 9.17) is 0 Å². The first-order chi connectivity index (χ1) is 9.83. The third kappa shape index (κ3) is 3.38. The number of thiophene rings is 3. The highest BCUT2D eigenvalue weighted by Gasteiger charge is 2.17. The van der Waals surface area contributed by atoms with Gasteiger partial charge in [-0.2, -0.15) is 0 Å². The quantitative estimate of drug-likeness (QED) is 0.632. The van der Waals surface area contributed by atoms with Crippen LogP contribution in [0.25, 0.3) is 0 Å². The predicted molar refractivity (Wildman–Crippen MR) is 91.0 cm³/mol. The van der Waals surface area contributed by atoms with Gasteiger partial charge in [-0.3, -0.25) is 0 Å². The van der Waals surface area contributed by atoms with Crippen molar-refractivity contribution in [2.75, 3.05) is 0 Å². The molecule has 3 rings (SSSR count). The minimum Gasteiger partial charge on any atom is -0.302 e. The Kier molecular flexibility index (Phi) is 4.68. The first kappa shape index (κ1) is 14.0. The van der Waals surface area contributed by atoms with Crippen LogP contribution >= 0.6 is 34.0 Å². The van der Waals surface area contributed by atoms with Crippen LogP contribution in [0, 0.1) is 0 Å². The highest BCUT2D eigenvalue weighted by Crippen LogP contribution is 2.28. The molecule has 3 heterocycles. The lowest BCUT2D eigenvalue weighted by atomic mass is 10.1. The third-order valence-corrected chi connectivity index (χ3v) is 6.23. The summed E-state index contributed by atoms with van der Waals surface area (Å²) in [5.74, 6) is 0. The molecule has 0 saturated heterocycles. The summed E-state index contributed by atoms with van der Waals surface area (Å²) in [4.78, 5) is 4.26. The van der Waals surface area contributed by atoms with E-state index in [1.807, 2.05) is 34.0 Å². The van der Waals surface area contributed by atoms with E-state index in [9.17, 15) is 0 Å². The molecule has 3 aromatic rings. The van der Waals surface area contributed by atoms with Crippen molar-refractivity contribution in [3.05, 3.63) is 67.2 Å². The molecule has 1 nitrogen and oxygen atoms in total. The van der Waals surface area contributed by atoms with E-state index in [1.54, 1.807) is 0 Å². The molecule has 0 bridgehead atoms. The summed E-state index contributed by atoms with van der Waals surface area (Å²) in [5.41, 5.74) is 0. The SMILES string of the molecule is CC(NC(Cc1cccs1)c1cccs1)c1cccs1. The zero-order chi connectivity index (χ0) is 13.8. The molecule has 0 aromatic carbocycles.